The predicted molar refractivity (Wildman–Crippen MR) is 199 cm³/mol. The predicted octanol–water partition coefficient (Wildman–Crippen LogP) is 2.07. The summed E-state index contributed by atoms with van der Waals surface area (Å²) in [6.45, 7) is 12.7. The van der Waals surface area contributed by atoms with Crippen LogP contribution in [0.1, 0.15) is 13.3 Å². The largest absolute Gasteiger partial charge is 0.466 e. The molecule has 1 N–H and O–H groups in total. The summed E-state index contributed by atoms with van der Waals surface area (Å²) in [5.41, 5.74) is -0.538. The van der Waals surface area contributed by atoms with Gasteiger partial charge in [0, 0.05) is 12.6 Å². The average molecular weight is 812 g/mol. The molecule has 0 saturated carbocycles. The second-order valence-corrected chi connectivity index (χ2v) is 11.0. The van der Waals surface area contributed by atoms with Crippen molar-refractivity contribution in [3.8, 4) is 0 Å². The zero-order chi connectivity index (χ0) is 40.6. The van der Waals surface area contributed by atoms with Crippen LogP contribution in [0.2, 0.25) is 0 Å². The second kappa shape index (κ2) is 38.7. The normalized spacial score (nSPS) is 11.2. The third kappa shape index (κ3) is 32.0. The lowest BCUT2D eigenvalue weighted by molar-refractivity contribution is -0.393. The van der Waals surface area contributed by atoms with Gasteiger partial charge < -0.3 is 66.9 Å². The number of hydrogen-bond donors (Lipinski definition) is 1. The summed E-state index contributed by atoms with van der Waals surface area (Å²) in [6, 6.07) is 3.42. The van der Waals surface area contributed by atoms with Crippen LogP contribution in [-0.4, -0.2) is 188 Å². The van der Waals surface area contributed by atoms with Gasteiger partial charge in [-0.25, -0.2) is 0 Å². The maximum absolute atomic E-state index is 11.2. The minimum absolute atomic E-state index is 0.181. The van der Waals surface area contributed by atoms with E-state index in [-0.39, 0.29) is 42.6 Å². The standard InChI is InChI=1S/C35H61N3O18/c1-2-56-35(39)5-7-44-9-11-46-13-15-48-17-19-50-21-23-52-25-27-54-29-30-55-28-26-53-24-22-51-20-18-49-16-14-47-12-10-45-8-6-36-33-4-3-32(37(40)41)31-34(33)38(42)43/h3-4,31,36H,2,5-30H2,1H3. The lowest BCUT2D eigenvalue weighted by Gasteiger charge is -2.09. The Balaban J connectivity index is 1.69. The Morgan fingerprint density at radius 1 is 0.500 bits per heavy atom. The van der Waals surface area contributed by atoms with E-state index in [1.54, 1.807) is 6.92 Å². The van der Waals surface area contributed by atoms with Crippen LogP contribution in [0.25, 0.3) is 0 Å². The lowest BCUT2D eigenvalue weighted by atomic mass is 10.2. The highest BCUT2D eigenvalue weighted by molar-refractivity contribution is 5.69. The second-order valence-electron chi connectivity index (χ2n) is 11.0. The number of carbonyl (C=O) groups excluding carboxylic acids is 1. The van der Waals surface area contributed by atoms with Crippen LogP contribution in [0, 0.1) is 20.2 Å². The van der Waals surface area contributed by atoms with Gasteiger partial charge in [-0.05, 0) is 13.0 Å². The number of carbonyl (C=O) groups is 1. The van der Waals surface area contributed by atoms with E-state index in [1.165, 1.54) is 12.1 Å². The molecule has 0 heterocycles. The first-order valence-corrected chi connectivity index (χ1v) is 18.7. The SMILES string of the molecule is CCOC(=O)CCOCCOCCOCCOCCOCCOCCOCCOCCOCCOCCOCCOCCNc1ccc([N+](=O)[O-])cc1[N+](=O)[O-]. The van der Waals surface area contributed by atoms with Crippen molar-refractivity contribution in [3.05, 3.63) is 38.4 Å². The van der Waals surface area contributed by atoms with Gasteiger partial charge in [0.05, 0.1) is 188 Å². The summed E-state index contributed by atoms with van der Waals surface area (Å²) in [5.74, 6) is -0.262. The zero-order valence-electron chi connectivity index (χ0n) is 32.6. The minimum atomic E-state index is -0.684. The van der Waals surface area contributed by atoms with Crippen LogP contribution in [0.3, 0.4) is 0 Å². The zero-order valence-corrected chi connectivity index (χ0v) is 32.6. The first kappa shape index (κ1) is 50.8. The number of nitro benzene ring substituents is 2. The molecule has 21 heteroatoms. The summed E-state index contributed by atoms with van der Waals surface area (Å²) < 4.78 is 70.0. The topological polar surface area (TPSA) is 235 Å². The van der Waals surface area contributed by atoms with Gasteiger partial charge in [-0.1, -0.05) is 0 Å². The number of benzene rings is 1. The Kier molecular flexibility index (Phi) is 35.1. The molecule has 0 unspecified atom stereocenters. The molecule has 0 amide bonds. The van der Waals surface area contributed by atoms with E-state index in [0.29, 0.717) is 159 Å². The Morgan fingerprint density at radius 3 is 1.12 bits per heavy atom. The third-order valence-corrected chi connectivity index (χ3v) is 6.80. The summed E-state index contributed by atoms with van der Waals surface area (Å²) in [6.07, 6.45) is 0.243. The fourth-order valence-electron chi connectivity index (χ4n) is 4.10. The number of nitrogens with one attached hydrogen (secondary N) is 1. The van der Waals surface area contributed by atoms with Crippen LogP contribution in [0.15, 0.2) is 18.2 Å². The van der Waals surface area contributed by atoms with Crippen molar-refractivity contribution in [2.45, 2.75) is 13.3 Å². The third-order valence-electron chi connectivity index (χ3n) is 6.80. The van der Waals surface area contributed by atoms with E-state index >= 15 is 0 Å². The first-order chi connectivity index (χ1) is 27.5. The van der Waals surface area contributed by atoms with Gasteiger partial charge in [-0.15, -0.1) is 0 Å². The Hall–Kier alpha value is -3.19. The van der Waals surface area contributed by atoms with Crippen LogP contribution in [0.5, 0.6) is 0 Å². The van der Waals surface area contributed by atoms with E-state index in [0.717, 1.165) is 6.07 Å². The van der Waals surface area contributed by atoms with Crippen molar-refractivity contribution >= 4 is 23.0 Å². The van der Waals surface area contributed by atoms with Gasteiger partial charge >= 0.3 is 5.97 Å². The Morgan fingerprint density at radius 2 is 0.821 bits per heavy atom. The lowest BCUT2D eigenvalue weighted by Crippen LogP contribution is -2.16. The molecule has 0 aliphatic heterocycles. The van der Waals surface area contributed by atoms with Crippen molar-refractivity contribution in [2.75, 3.05) is 177 Å². The van der Waals surface area contributed by atoms with Crippen LogP contribution < -0.4 is 5.32 Å². The fraction of sp³-hybridized carbons (Fsp3) is 0.800. The quantitative estimate of drug-likeness (QED) is 0.0430. The van der Waals surface area contributed by atoms with E-state index in [2.05, 4.69) is 5.32 Å². The summed E-state index contributed by atoms with van der Waals surface area (Å²) >= 11 is 0. The highest BCUT2D eigenvalue weighted by Gasteiger charge is 2.19. The summed E-state index contributed by atoms with van der Waals surface area (Å²) in [7, 11) is 0. The van der Waals surface area contributed by atoms with Crippen LogP contribution in [-0.2, 0) is 66.4 Å². The van der Waals surface area contributed by atoms with Crippen LogP contribution in [0.4, 0.5) is 17.1 Å². The molecule has 324 valence electrons. The molecule has 0 bridgehead atoms. The summed E-state index contributed by atoms with van der Waals surface area (Å²) in [4.78, 5) is 31.8. The van der Waals surface area contributed by atoms with E-state index in [9.17, 15) is 25.0 Å². The molecule has 0 aromatic heterocycles. The maximum atomic E-state index is 11.2. The average Bonchev–Trinajstić information content (AvgIpc) is 3.18. The molecule has 1 rings (SSSR count). The summed E-state index contributed by atoms with van der Waals surface area (Å²) in [5, 5.41) is 24.8. The van der Waals surface area contributed by atoms with Crippen molar-refractivity contribution in [3.63, 3.8) is 0 Å². The molecule has 0 fully saturated rings. The maximum Gasteiger partial charge on any atom is 0.308 e. The fourth-order valence-corrected chi connectivity index (χ4v) is 4.10. The van der Waals surface area contributed by atoms with Crippen LogP contribution >= 0.6 is 0 Å². The van der Waals surface area contributed by atoms with Gasteiger partial charge in [-0.2, -0.15) is 0 Å². The minimum Gasteiger partial charge on any atom is -0.466 e. The number of nitro groups is 2. The number of non-ortho nitro benzene ring substituents is 1. The van der Waals surface area contributed by atoms with Gasteiger partial charge in [-0.3, -0.25) is 25.0 Å². The molecule has 21 nitrogen and oxygen atoms in total. The van der Waals surface area contributed by atoms with Gasteiger partial charge in [0.25, 0.3) is 11.4 Å². The van der Waals surface area contributed by atoms with E-state index < -0.39 is 9.85 Å². The molecular formula is C35H61N3O18. The molecular weight excluding hydrogens is 750 g/mol. The van der Waals surface area contributed by atoms with Crippen molar-refractivity contribution in [1.29, 1.82) is 0 Å². The molecule has 0 atom stereocenters. The molecule has 0 saturated heterocycles. The van der Waals surface area contributed by atoms with Crippen molar-refractivity contribution in [1.82, 2.24) is 0 Å². The highest BCUT2D eigenvalue weighted by Crippen LogP contribution is 2.28. The molecule has 0 aliphatic rings. The Labute approximate surface area is 328 Å². The number of esters is 1. The van der Waals surface area contributed by atoms with Gasteiger partial charge in [0.1, 0.15) is 5.69 Å². The monoisotopic (exact) mass is 811 g/mol. The van der Waals surface area contributed by atoms with Gasteiger partial charge in [0.15, 0.2) is 0 Å². The molecule has 1 aromatic carbocycles. The smallest absolute Gasteiger partial charge is 0.308 e. The number of rotatable bonds is 43. The molecule has 0 aliphatic carbocycles. The van der Waals surface area contributed by atoms with E-state index in [1.807, 2.05) is 0 Å². The first-order valence-electron chi connectivity index (χ1n) is 18.7. The molecule has 56 heavy (non-hydrogen) atoms. The molecule has 1 aromatic rings. The Bertz CT molecular complexity index is 1110. The molecule has 0 spiro atoms. The number of anilines is 1. The number of ether oxygens (including phenoxy) is 13. The van der Waals surface area contributed by atoms with E-state index in [4.69, 9.17) is 61.6 Å². The molecule has 0 radical (unpaired) electrons. The number of nitrogens with zero attached hydrogens (tertiary/aromatic N) is 2. The number of hydrogen-bond acceptors (Lipinski definition) is 19. The van der Waals surface area contributed by atoms with Gasteiger partial charge in [0.2, 0.25) is 0 Å². The van der Waals surface area contributed by atoms with Crippen molar-refractivity contribution < 1.29 is 76.2 Å². The highest BCUT2D eigenvalue weighted by atomic mass is 16.6. The van der Waals surface area contributed by atoms with Crippen molar-refractivity contribution in [2.24, 2.45) is 0 Å².